The molecule has 9 heteroatoms. The molecule has 0 bridgehead atoms. The summed E-state index contributed by atoms with van der Waals surface area (Å²) in [5.74, 6) is -0.992. The molecule has 0 aliphatic heterocycles. The van der Waals surface area contributed by atoms with Crippen LogP contribution in [-0.4, -0.2) is 30.2 Å². The van der Waals surface area contributed by atoms with Crippen LogP contribution in [-0.2, 0) is 18.4 Å². The minimum atomic E-state index is -0.992. The van der Waals surface area contributed by atoms with E-state index in [1.165, 1.54) is 11.6 Å². The molecule has 0 atom stereocenters. The van der Waals surface area contributed by atoms with Crippen molar-refractivity contribution in [1.82, 2.24) is 19.1 Å². The van der Waals surface area contributed by atoms with Crippen LogP contribution in [0.3, 0.4) is 0 Å². The molecule has 2 heterocycles. The van der Waals surface area contributed by atoms with Gasteiger partial charge in [0.25, 0.3) is 5.56 Å². The predicted octanol–water partition coefficient (Wildman–Crippen LogP) is 1.68. The molecular weight excluding hydrogens is 360 g/mol. The molecule has 26 heavy (non-hydrogen) atoms. The van der Waals surface area contributed by atoms with Gasteiger partial charge in [-0.1, -0.05) is 41.9 Å². The van der Waals surface area contributed by atoms with Crippen molar-refractivity contribution in [2.75, 3.05) is 0 Å². The maximum absolute atomic E-state index is 12.7. The first-order valence-electron chi connectivity index (χ1n) is 7.84. The Kier molecular flexibility index (Phi) is 4.85. The van der Waals surface area contributed by atoms with Crippen molar-refractivity contribution in [2.45, 2.75) is 19.4 Å². The molecule has 2 aromatic heterocycles. The maximum atomic E-state index is 12.7. The fraction of sp³-hybridized carbons (Fsp3) is 0.235. The first kappa shape index (κ1) is 17.8. The van der Waals surface area contributed by atoms with E-state index in [2.05, 4.69) is 9.97 Å². The molecule has 3 aromatic rings. The number of halogens is 1. The zero-order valence-corrected chi connectivity index (χ0v) is 14.6. The standard InChI is InChI=1S/C17H15ClN4O4/c1-21-15-13(16(25)22(17(21)26)9-5-8-11(23)24)19-12(14(18)20-15)10-6-3-2-4-7-10/h2-4,6-7H,5,8-9H2,1H3,(H,23,24). The number of carbonyl (C=O) groups is 1. The molecule has 8 nitrogen and oxygen atoms in total. The number of hydrogen-bond acceptors (Lipinski definition) is 5. The van der Waals surface area contributed by atoms with E-state index < -0.39 is 17.2 Å². The number of hydrogen-bond donors (Lipinski definition) is 1. The van der Waals surface area contributed by atoms with Gasteiger partial charge in [-0.25, -0.2) is 14.8 Å². The Morgan fingerprint density at radius 2 is 1.88 bits per heavy atom. The highest BCUT2D eigenvalue weighted by molar-refractivity contribution is 6.32. The minimum absolute atomic E-state index is 0.00526. The molecule has 134 valence electrons. The van der Waals surface area contributed by atoms with Crippen LogP contribution < -0.4 is 11.2 Å². The van der Waals surface area contributed by atoms with Crippen LogP contribution in [0.1, 0.15) is 12.8 Å². The van der Waals surface area contributed by atoms with Crippen molar-refractivity contribution < 1.29 is 9.90 Å². The Balaban J connectivity index is 2.20. The van der Waals surface area contributed by atoms with Crippen LogP contribution in [0.15, 0.2) is 39.9 Å². The van der Waals surface area contributed by atoms with Gasteiger partial charge in [0.1, 0.15) is 5.69 Å². The Morgan fingerprint density at radius 1 is 1.19 bits per heavy atom. The topological polar surface area (TPSA) is 107 Å². The lowest BCUT2D eigenvalue weighted by atomic mass is 10.1. The zero-order chi connectivity index (χ0) is 18.8. The Bertz CT molecular complexity index is 1110. The number of aromatic nitrogens is 4. The van der Waals surface area contributed by atoms with E-state index in [9.17, 15) is 14.4 Å². The predicted molar refractivity (Wildman–Crippen MR) is 96.4 cm³/mol. The second kappa shape index (κ2) is 7.09. The highest BCUT2D eigenvalue weighted by Crippen LogP contribution is 2.25. The average molecular weight is 375 g/mol. The molecule has 1 aromatic carbocycles. The van der Waals surface area contributed by atoms with E-state index in [1.54, 1.807) is 12.1 Å². The molecule has 0 unspecified atom stereocenters. The van der Waals surface area contributed by atoms with Crippen LogP contribution in [0.2, 0.25) is 5.15 Å². The van der Waals surface area contributed by atoms with Crippen molar-refractivity contribution in [2.24, 2.45) is 7.05 Å². The number of nitrogens with zero attached hydrogens (tertiary/aromatic N) is 4. The molecule has 1 N–H and O–H groups in total. The summed E-state index contributed by atoms with van der Waals surface area (Å²) in [6, 6.07) is 9.03. The molecule has 0 fully saturated rings. The lowest BCUT2D eigenvalue weighted by Crippen LogP contribution is -2.40. The lowest BCUT2D eigenvalue weighted by molar-refractivity contribution is -0.137. The SMILES string of the molecule is Cn1c(=O)n(CCCC(=O)O)c(=O)c2nc(-c3ccccc3)c(Cl)nc21. The van der Waals surface area contributed by atoms with Crippen LogP contribution in [0, 0.1) is 0 Å². The Morgan fingerprint density at radius 3 is 2.54 bits per heavy atom. The van der Waals surface area contributed by atoms with Crippen molar-refractivity contribution in [1.29, 1.82) is 0 Å². The lowest BCUT2D eigenvalue weighted by Gasteiger charge is -2.11. The summed E-state index contributed by atoms with van der Waals surface area (Å²) in [5.41, 5.74) is -0.0874. The van der Waals surface area contributed by atoms with Gasteiger partial charge in [0.05, 0.1) is 0 Å². The van der Waals surface area contributed by atoms with Gasteiger partial charge >= 0.3 is 11.7 Å². The third-order valence-corrected chi connectivity index (χ3v) is 4.20. The molecule has 0 saturated carbocycles. The van der Waals surface area contributed by atoms with Gasteiger partial charge in [-0.3, -0.25) is 18.7 Å². The Hall–Kier alpha value is -3.00. The molecule has 0 saturated heterocycles. The summed E-state index contributed by atoms with van der Waals surface area (Å²) < 4.78 is 2.16. The second-order valence-corrected chi connectivity index (χ2v) is 6.05. The van der Waals surface area contributed by atoms with E-state index in [1.807, 2.05) is 18.2 Å². The van der Waals surface area contributed by atoms with Crippen molar-refractivity contribution >= 4 is 28.7 Å². The fourth-order valence-electron chi connectivity index (χ4n) is 2.64. The molecule has 0 radical (unpaired) electrons. The largest absolute Gasteiger partial charge is 0.481 e. The summed E-state index contributed by atoms with van der Waals surface area (Å²) in [5, 5.41) is 8.83. The van der Waals surface area contributed by atoms with E-state index in [-0.39, 0.29) is 35.7 Å². The molecule has 0 aliphatic rings. The van der Waals surface area contributed by atoms with Gasteiger partial charge in [0.2, 0.25) is 0 Å². The number of benzene rings is 1. The summed E-state index contributed by atoms with van der Waals surface area (Å²) in [6.07, 6.45) is 0.0116. The number of carboxylic acid groups (broad SMARTS) is 1. The third-order valence-electron chi connectivity index (χ3n) is 3.94. The van der Waals surface area contributed by atoms with Crippen LogP contribution >= 0.6 is 11.6 Å². The van der Waals surface area contributed by atoms with Gasteiger partial charge in [0.15, 0.2) is 16.3 Å². The van der Waals surface area contributed by atoms with E-state index >= 15 is 0 Å². The number of fused-ring (bicyclic) bond motifs is 1. The van der Waals surface area contributed by atoms with Gasteiger partial charge in [-0.2, -0.15) is 0 Å². The summed E-state index contributed by atoms with van der Waals surface area (Å²) in [4.78, 5) is 44.3. The van der Waals surface area contributed by atoms with Crippen LogP contribution in [0.25, 0.3) is 22.4 Å². The molecule has 0 aliphatic carbocycles. The molecule has 0 amide bonds. The normalized spacial score (nSPS) is 11.0. The fourth-order valence-corrected chi connectivity index (χ4v) is 2.87. The highest BCUT2D eigenvalue weighted by Gasteiger charge is 2.17. The zero-order valence-electron chi connectivity index (χ0n) is 13.8. The van der Waals surface area contributed by atoms with E-state index in [4.69, 9.17) is 16.7 Å². The molecule has 0 spiro atoms. The Labute approximate surface area is 152 Å². The molecule has 3 rings (SSSR count). The van der Waals surface area contributed by atoms with Gasteiger partial charge < -0.3 is 5.11 Å². The van der Waals surface area contributed by atoms with E-state index in [0.29, 0.717) is 11.3 Å². The highest BCUT2D eigenvalue weighted by atomic mass is 35.5. The maximum Gasteiger partial charge on any atom is 0.332 e. The van der Waals surface area contributed by atoms with Gasteiger partial charge in [0, 0.05) is 25.6 Å². The van der Waals surface area contributed by atoms with Crippen LogP contribution in [0.4, 0.5) is 0 Å². The monoisotopic (exact) mass is 374 g/mol. The smallest absolute Gasteiger partial charge is 0.332 e. The minimum Gasteiger partial charge on any atom is -0.481 e. The number of carboxylic acids is 1. The summed E-state index contributed by atoms with van der Waals surface area (Å²) >= 11 is 6.21. The molecular formula is C17H15ClN4O4. The van der Waals surface area contributed by atoms with Crippen molar-refractivity contribution in [3.8, 4) is 11.3 Å². The van der Waals surface area contributed by atoms with Gasteiger partial charge in [-0.05, 0) is 6.42 Å². The number of aryl methyl sites for hydroxylation is 1. The van der Waals surface area contributed by atoms with Gasteiger partial charge in [-0.15, -0.1) is 0 Å². The summed E-state index contributed by atoms with van der Waals surface area (Å²) in [6.45, 7) is -0.0152. The quantitative estimate of drug-likeness (QED) is 0.728. The number of aliphatic carboxylic acids is 1. The van der Waals surface area contributed by atoms with Crippen molar-refractivity contribution in [3.05, 3.63) is 56.3 Å². The summed E-state index contributed by atoms with van der Waals surface area (Å²) in [7, 11) is 1.46. The van der Waals surface area contributed by atoms with E-state index in [0.717, 1.165) is 4.57 Å². The number of rotatable bonds is 5. The third kappa shape index (κ3) is 3.23. The van der Waals surface area contributed by atoms with Crippen LogP contribution in [0.5, 0.6) is 0 Å². The van der Waals surface area contributed by atoms with Crippen molar-refractivity contribution in [3.63, 3.8) is 0 Å². The first-order valence-corrected chi connectivity index (χ1v) is 8.22. The second-order valence-electron chi connectivity index (χ2n) is 5.70. The average Bonchev–Trinajstić information content (AvgIpc) is 2.63. The first-order chi connectivity index (χ1) is 12.4.